The number of rotatable bonds is 6. The Labute approximate surface area is 143 Å². The number of benzene rings is 1. The molecule has 2 aromatic heterocycles. The van der Waals surface area contributed by atoms with Gasteiger partial charge in [0.25, 0.3) is 0 Å². The van der Waals surface area contributed by atoms with Crippen molar-refractivity contribution in [1.82, 2.24) is 9.97 Å². The predicted octanol–water partition coefficient (Wildman–Crippen LogP) is 5.35. The Kier molecular flexibility index (Phi) is 4.89. The molecule has 0 aliphatic carbocycles. The van der Waals surface area contributed by atoms with Crippen LogP contribution in [0.25, 0.3) is 21.8 Å². The molecule has 0 N–H and O–H groups in total. The summed E-state index contributed by atoms with van der Waals surface area (Å²) < 4.78 is 0. The highest BCUT2D eigenvalue weighted by molar-refractivity contribution is 6.06. The molecule has 0 radical (unpaired) electrons. The van der Waals surface area contributed by atoms with E-state index in [1.807, 2.05) is 26.0 Å². The number of ketones is 1. The summed E-state index contributed by atoms with van der Waals surface area (Å²) in [6.07, 6.45) is 6.12. The molecule has 3 heteroatoms. The van der Waals surface area contributed by atoms with Gasteiger partial charge in [-0.2, -0.15) is 0 Å². The maximum absolute atomic E-state index is 12.7. The van der Waals surface area contributed by atoms with E-state index in [1.165, 1.54) is 12.8 Å². The first-order valence-corrected chi connectivity index (χ1v) is 8.83. The van der Waals surface area contributed by atoms with Crippen molar-refractivity contribution in [2.75, 3.05) is 0 Å². The van der Waals surface area contributed by atoms with Crippen LogP contribution < -0.4 is 0 Å². The van der Waals surface area contributed by atoms with Crippen LogP contribution in [0.4, 0.5) is 0 Å². The van der Waals surface area contributed by atoms with Crippen LogP contribution in [-0.4, -0.2) is 15.8 Å². The zero-order valence-corrected chi connectivity index (χ0v) is 14.7. The third-order valence-corrected chi connectivity index (χ3v) is 4.44. The van der Waals surface area contributed by atoms with Crippen LogP contribution in [-0.2, 0) is 6.42 Å². The molecule has 1 aromatic carbocycles. The van der Waals surface area contributed by atoms with Crippen LogP contribution in [0.3, 0.4) is 0 Å². The molecule has 0 saturated heterocycles. The van der Waals surface area contributed by atoms with E-state index in [1.54, 1.807) is 6.20 Å². The summed E-state index contributed by atoms with van der Waals surface area (Å²) in [5, 5.41) is 2.12. The zero-order chi connectivity index (χ0) is 17.1. The van der Waals surface area contributed by atoms with Gasteiger partial charge in [0.2, 0.25) is 0 Å². The lowest BCUT2D eigenvalue weighted by Gasteiger charge is -2.12. The fourth-order valence-corrected chi connectivity index (χ4v) is 3.06. The van der Waals surface area contributed by atoms with Gasteiger partial charge in [-0.15, -0.1) is 0 Å². The van der Waals surface area contributed by atoms with Gasteiger partial charge in [0.1, 0.15) is 5.69 Å². The number of unbranched alkanes of at least 4 members (excludes halogenated alkanes) is 2. The summed E-state index contributed by atoms with van der Waals surface area (Å²) in [5.41, 5.74) is 3.40. The smallest absolute Gasteiger partial charge is 0.183 e. The van der Waals surface area contributed by atoms with Crippen molar-refractivity contribution in [1.29, 1.82) is 0 Å². The number of carbonyl (C=O) groups excluding carboxylic acids is 1. The van der Waals surface area contributed by atoms with Gasteiger partial charge in [-0.1, -0.05) is 51.8 Å². The van der Waals surface area contributed by atoms with Crippen molar-refractivity contribution in [3.63, 3.8) is 0 Å². The molecule has 0 aliphatic heterocycles. The van der Waals surface area contributed by atoms with Gasteiger partial charge in [-0.05, 0) is 30.5 Å². The zero-order valence-electron chi connectivity index (χ0n) is 14.7. The number of hydrogen-bond acceptors (Lipinski definition) is 3. The molecule has 3 nitrogen and oxygen atoms in total. The van der Waals surface area contributed by atoms with Crippen molar-refractivity contribution < 1.29 is 4.79 Å². The van der Waals surface area contributed by atoms with Crippen LogP contribution in [0.15, 0.2) is 36.5 Å². The monoisotopic (exact) mass is 320 g/mol. The average Bonchev–Trinajstić information content (AvgIpc) is 2.60. The van der Waals surface area contributed by atoms with E-state index in [2.05, 4.69) is 30.1 Å². The highest BCUT2D eigenvalue weighted by Crippen LogP contribution is 2.26. The molecule has 0 fully saturated rings. The molecule has 0 aliphatic rings. The van der Waals surface area contributed by atoms with Crippen molar-refractivity contribution in [2.45, 2.75) is 46.5 Å². The summed E-state index contributed by atoms with van der Waals surface area (Å²) in [4.78, 5) is 22.0. The summed E-state index contributed by atoms with van der Waals surface area (Å²) in [6, 6.07) is 10.3. The molecule has 0 unspecified atom stereocenters. The molecule has 0 bridgehead atoms. The molecule has 0 saturated carbocycles. The molecule has 3 rings (SSSR count). The molecule has 24 heavy (non-hydrogen) atoms. The Morgan fingerprint density at radius 3 is 2.62 bits per heavy atom. The maximum atomic E-state index is 12.7. The van der Waals surface area contributed by atoms with Crippen molar-refractivity contribution in [3.8, 4) is 0 Å². The number of fused-ring (bicyclic) bond motifs is 3. The number of aryl methyl sites for hydroxylation is 1. The molecular weight excluding hydrogens is 296 g/mol. The van der Waals surface area contributed by atoms with E-state index in [9.17, 15) is 4.79 Å². The molecule has 124 valence electrons. The van der Waals surface area contributed by atoms with Crippen LogP contribution in [0, 0.1) is 5.92 Å². The van der Waals surface area contributed by atoms with Crippen LogP contribution in [0.2, 0.25) is 0 Å². The van der Waals surface area contributed by atoms with Crippen molar-refractivity contribution in [3.05, 3.63) is 47.8 Å². The minimum Gasteiger partial charge on any atom is -0.292 e. The maximum Gasteiger partial charge on any atom is 0.183 e. The lowest BCUT2D eigenvalue weighted by Crippen LogP contribution is -2.13. The predicted molar refractivity (Wildman–Crippen MR) is 99.4 cm³/mol. The van der Waals surface area contributed by atoms with Crippen molar-refractivity contribution >= 4 is 27.6 Å². The molecule has 0 atom stereocenters. The Morgan fingerprint density at radius 1 is 1.08 bits per heavy atom. The highest BCUT2D eigenvalue weighted by Gasteiger charge is 2.18. The number of Topliss-reactive ketones (excluding diaryl/α,β-unsaturated/α-hetero) is 1. The van der Waals surface area contributed by atoms with E-state index in [4.69, 9.17) is 4.98 Å². The average molecular weight is 320 g/mol. The van der Waals surface area contributed by atoms with Crippen LogP contribution >= 0.6 is 0 Å². The fourth-order valence-electron chi connectivity index (χ4n) is 3.06. The van der Waals surface area contributed by atoms with E-state index < -0.39 is 0 Å². The first-order valence-electron chi connectivity index (χ1n) is 8.83. The molecule has 0 amide bonds. The van der Waals surface area contributed by atoms with E-state index in [0.717, 1.165) is 40.2 Å². The Morgan fingerprint density at radius 2 is 1.88 bits per heavy atom. The Balaban J connectivity index is 2.19. The highest BCUT2D eigenvalue weighted by atomic mass is 16.1. The first kappa shape index (κ1) is 16.6. The summed E-state index contributed by atoms with van der Waals surface area (Å²) in [6.45, 7) is 6.06. The van der Waals surface area contributed by atoms with Gasteiger partial charge in [0, 0.05) is 22.9 Å². The van der Waals surface area contributed by atoms with Gasteiger partial charge in [0.15, 0.2) is 5.78 Å². The number of aromatic nitrogens is 2. The van der Waals surface area contributed by atoms with Crippen LogP contribution in [0.5, 0.6) is 0 Å². The molecule has 0 spiro atoms. The molecule has 2 heterocycles. The first-order chi connectivity index (χ1) is 11.6. The lowest BCUT2D eigenvalue weighted by atomic mass is 9.96. The third-order valence-electron chi connectivity index (χ3n) is 4.44. The molecule has 3 aromatic rings. The second-order valence-corrected chi connectivity index (χ2v) is 6.68. The van der Waals surface area contributed by atoms with Gasteiger partial charge in [-0.25, -0.2) is 4.98 Å². The second-order valence-electron chi connectivity index (χ2n) is 6.68. The normalized spacial score (nSPS) is 11.5. The standard InChI is InChI=1S/C21H24N2O/c1-4-5-6-8-16-13-17-11-10-15-9-7-12-22-18(15)19(17)23-20(16)21(24)14(2)3/h7,9-14H,4-6,8H2,1-3H3. The minimum atomic E-state index is -0.0530. The summed E-state index contributed by atoms with van der Waals surface area (Å²) >= 11 is 0. The number of hydrogen-bond donors (Lipinski definition) is 0. The number of pyridine rings is 2. The van der Waals surface area contributed by atoms with Gasteiger partial charge < -0.3 is 0 Å². The summed E-state index contributed by atoms with van der Waals surface area (Å²) in [7, 11) is 0. The summed E-state index contributed by atoms with van der Waals surface area (Å²) in [5.74, 6) is 0.0687. The number of carbonyl (C=O) groups is 1. The topological polar surface area (TPSA) is 42.9 Å². The second kappa shape index (κ2) is 7.08. The third kappa shape index (κ3) is 3.16. The Bertz CT molecular complexity index is 884. The quantitative estimate of drug-likeness (QED) is 0.349. The largest absolute Gasteiger partial charge is 0.292 e. The minimum absolute atomic E-state index is 0.0530. The van der Waals surface area contributed by atoms with E-state index in [-0.39, 0.29) is 11.7 Å². The van der Waals surface area contributed by atoms with Gasteiger partial charge >= 0.3 is 0 Å². The fraction of sp³-hybridized carbons (Fsp3) is 0.381. The SMILES string of the molecule is CCCCCc1cc2ccc3cccnc3c2nc1C(=O)C(C)C. The molecular formula is C21H24N2O. The van der Waals surface area contributed by atoms with E-state index >= 15 is 0 Å². The van der Waals surface area contributed by atoms with Crippen LogP contribution in [0.1, 0.15) is 56.1 Å². The van der Waals surface area contributed by atoms with Crippen molar-refractivity contribution in [2.24, 2.45) is 5.92 Å². The van der Waals surface area contributed by atoms with Gasteiger partial charge in [-0.3, -0.25) is 9.78 Å². The Hall–Kier alpha value is -2.29. The lowest BCUT2D eigenvalue weighted by molar-refractivity contribution is 0.0933. The van der Waals surface area contributed by atoms with Gasteiger partial charge in [0.05, 0.1) is 11.0 Å². The van der Waals surface area contributed by atoms with E-state index in [0.29, 0.717) is 5.69 Å². The number of nitrogens with zero attached hydrogens (tertiary/aromatic N) is 2.